The Labute approximate surface area is 197 Å². The minimum absolute atomic E-state index is 0.151. The molecule has 174 valence electrons. The third-order valence-electron chi connectivity index (χ3n) is 5.48. The maximum absolute atomic E-state index is 13.3. The molecular weight excluding hydrogens is 424 g/mol. The monoisotopic (exact) mass is 458 g/mol. The van der Waals surface area contributed by atoms with Gasteiger partial charge in [0.2, 0.25) is 5.91 Å². The molecule has 2 amide bonds. The smallest absolute Gasteiger partial charge is 0.261 e. The van der Waals surface area contributed by atoms with Crippen molar-refractivity contribution in [2.45, 2.75) is 60.5 Å². The Morgan fingerprint density at radius 2 is 1.81 bits per heavy atom. The lowest BCUT2D eigenvalue weighted by Crippen LogP contribution is -2.50. The maximum Gasteiger partial charge on any atom is 0.261 e. The first-order valence-electron chi connectivity index (χ1n) is 11.1. The van der Waals surface area contributed by atoms with Gasteiger partial charge in [-0.3, -0.25) is 9.59 Å². The third-order valence-corrected chi connectivity index (χ3v) is 5.85. The van der Waals surface area contributed by atoms with E-state index in [-0.39, 0.29) is 25.0 Å². The predicted octanol–water partition coefficient (Wildman–Crippen LogP) is 5.22. The summed E-state index contributed by atoms with van der Waals surface area (Å²) in [7, 11) is 0. The SMILES string of the molecule is CCC(C(=O)NCC(C)C)N(Cc1ccccc1Cl)C(=O)COc1cc(C)cc(C)c1C. The summed E-state index contributed by atoms with van der Waals surface area (Å²) >= 11 is 6.36. The fraction of sp³-hybridized carbons (Fsp3) is 0.462. The predicted molar refractivity (Wildman–Crippen MR) is 130 cm³/mol. The van der Waals surface area contributed by atoms with Crippen LogP contribution < -0.4 is 10.1 Å². The van der Waals surface area contributed by atoms with Crippen molar-refractivity contribution in [1.29, 1.82) is 0 Å². The van der Waals surface area contributed by atoms with Crippen LogP contribution in [0.3, 0.4) is 0 Å². The number of carbonyl (C=O) groups excluding carboxylic acids is 2. The van der Waals surface area contributed by atoms with Gasteiger partial charge in [-0.25, -0.2) is 0 Å². The van der Waals surface area contributed by atoms with Gasteiger partial charge in [0.05, 0.1) is 0 Å². The number of hydrogen-bond acceptors (Lipinski definition) is 3. The van der Waals surface area contributed by atoms with Crippen molar-refractivity contribution in [3.05, 3.63) is 63.7 Å². The van der Waals surface area contributed by atoms with Crippen molar-refractivity contribution in [1.82, 2.24) is 10.2 Å². The topological polar surface area (TPSA) is 58.6 Å². The molecule has 0 saturated heterocycles. The van der Waals surface area contributed by atoms with Gasteiger partial charge in [0.15, 0.2) is 6.61 Å². The molecule has 0 heterocycles. The quantitative estimate of drug-likeness (QED) is 0.530. The molecule has 0 aliphatic rings. The van der Waals surface area contributed by atoms with Gasteiger partial charge in [-0.05, 0) is 67.5 Å². The van der Waals surface area contributed by atoms with Crippen LogP contribution in [0.25, 0.3) is 0 Å². The van der Waals surface area contributed by atoms with E-state index < -0.39 is 6.04 Å². The molecule has 0 fully saturated rings. The summed E-state index contributed by atoms with van der Waals surface area (Å²) in [5.41, 5.74) is 3.98. The molecule has 0 bridgehead atoms. The molecule has 0 radical (unpaired) electrons. The van der Waals surface area contributed by atoms with Crippen LogP contribution in [0.15, 0.2) is 36.4 Å². The van der Waals surface area contributed by atoms with Gasteiger partial charge < -0.3 is 15.0 Å². The first-order chi connectivity index (χ1) is 15.1. The lowest BCUT2D eigenvalue weighted by atomic mass is 10.1. The van der Waals surface area contributed by atoms with Crippen molar-refractivity contribution in [2.24, 2.45) is 5.92 Å². The van der Waals surface area contributed by atoms with E-state index in [9.17, 15) is 9.59 Å². The molecule has 1 N–H and O–H groups in total. The van der Waals surface area contributed by atoms with Gasteiger partial charge in [-0.1, -0.05) is 56.6 Å². The van der Waals surface area contributed by atoms with Crippen molar-refractivity contribution in [3.63, 3.8) is 0 Å². The van der Waals surface area contributed by atoms with E-state index in [1.165, 1.54) is 0 Å². The Hall–Kier alpha value is -2.53. The fourth-order valence-electron chi connectivity index (χ4n) is 3.53. The number of nitrogens with zero attached hydrogens (tertiary/aromatic N) is 1. The normalized spacial score (nSPS) is 11.9. The Bertz CT molecular complexity index is 943. The summed E-state index contributed by atoms with van der Waals surface area (Å²) in [4.78, 5) is 27.9. The summed E-state index contributed by atoms with van der Waals surface area (Å²) in [5.74, 6) is 0.588. The van der Waals surface area contributed by atoms with Crippen LogP contribution in [0.1, 0.15) is 49.4 Å². The maximum atomic E-state index is 13.3. The first kappa shape index (κ1) is 25.7. The zero-order valence-electron chi connectivity index (χ0n) is 20.0. The van der Waals surface area contributed by atoms with Crippen LogP contribution in [0.4, 0.5) is 0 Å². The Morgan fingerprint density at radius 1 is 1.12 bits per heavy atom. The molecule has 2 aromatic carbocycles. The van der Waals surface area contributed by atoms with E-state index >= 15 is 0 Å². The number of halogens is 1. The highest BCUT2D eigenvalue weighted by atomic mass is 35.5. The third kappa shape index (κ3) is 6.99. The number of carbonyl (C=O) groups is 2. The van der Waals surface area contributed by atoms with E-state index in [0.29, 0.717) is 29.7 Å². The van der Waals surface area contributed by atoms with Gasteiger partial charge >= 0.3 is 0 Å². The lowest BCUT2D eigenvalue weighted by Gasteiger charge is -2.31. The van der Waals surface area contributed by atoms with Crippen LogP contribution in [0, 0.1) is 26.7 Å². The van der Waals surface area contributed by atoms with Gasteiger partial charge in [0, 0.05) is 18.1 Å². The largest absolute Gasteiger partial charge is 0.483 e. The second-order valence-electron chi connectivity index (χ2n) is 8.67. The van der Waals surface area contributed by atoms with Crippen LogP contribution in [-0.4, -0.2) is 35.9 Å². The summed E-state index contributed by atoms with van der Waals surface area (Å²) in [5, 5.41) is 3.52. The first-order valence-corrected chi connectivity index (χ1v) is 11.5. The van der Waals surface area contributed by atoms with Gasteiger partial charge in [0.25, 0.3) is 5.91 Å². The van der Waals surface area contributed by atoms with E-state index in [1.807, 2.05) is 65.8 Å². The number of rotatable bonds is 10. The van der Waals surface area contributed by atoms with Crippen molar-refractivity contribution >= 4 is 23.4 Å². The van der Waals surface area contributed by atoms with Gasteiger partial charge in [-0.15, -0.1) is 0 Å². The number of nitrogens with one attached hydrogen (secondary N) is 1. The molecule has 0 saturated carbocycles. The summed E-state index contributed by atoms with van der Waals surface area (Å²) in [6, 6.07) is 10.8. The van der Waals surface area contributed by atoms with Gasteiger partial charge in [0.1, 0.15) is 11.8 Å². The highest BCUT2D eigenvalue weighted by molar-refractivity contribution is 6.31. The lowest BCUT2D eigenvalue weighted by molar-refractivity contribution is -0.143. The van der Waals surface area contributed by atoms with Crippen molar-refractivity contribution in [2.75, 3.05) is 13.2 Å². The van der Waals surface area contributed by atoms with Crippen molar-refractivity contribution < 1.29 is 14.3 Å². The van der Waals surface area contributed by atoms with E-state index in [0.717, 1.165) is 22.3 Å². The number of amides is 2. The molecule has 0 aromatic heterocycles. The highest BCUT2D eigenvalue weighted by Crippen LogP contribution is 2.24. The molecule has 1 unspecified atom stereocenters. The molecular formula is C26H35ClN2O3. The summed E-state index contributed by atoms with van der Waals surface area (Å²) in [6.07, 6.45) is 0.489. The summed E-state index contributed by atoms with van der Waals surface area (Å²) in [6.45, 7) is 12.6. The van der Waals surface area contributed by atoms with Crippen LogP contribution in [-0.2, 0) is 16.1 Å². The second kappa shape index (κ2) is 11.9. The minimum Gasteiger partial charge on any atom is -0.483 e. The minimum atomic E-state index is -0.610. The highest BCUT2D eigenvalue weighted by Gasteiger charge is 2.29. The van der Waals surface area contributed by atoms with E-state index in [4.69, 9.17) is 16.3 Å². The number of benzene rings is 2. The molecule has 2 rings (SSSR count). The van der Waals surface area contributed by atoms with Gasteiger partial charge in [-0.2, -0.15) is 0 Å². The van der Waals surface area contributed by atoms with Crippen LogP contribution in [0.2, 0.25) is 5.02 Å². The Kier molecular flexibility index (Phi) is 9.58. The average Bonchev–Trinajstić information content (AvgIpc) is 2.74. The standard InChI is InChI=1S/C26H35ClN2O3/c1-7-23(26(31)28-14-17(2)3)29(15-21-10-8-9-11-22(21)27)25(30)16-32-24-13-18(4)12-19(5)20(24)6/h8-13,17,23H,7,14-16H2,1-6H3,(H,28,31). The Morgan fingerprint density at radius 3 is 2.44 bits per heavy atom. The zero-order valence-corrected chi connectivity index (χ0v) is 20.8. The molecule has 0 spiro atoms. The fourth-order valence-corrected chi connectivity index (χ4v) is 3.72. The zero-order chi connectivity index (χ0) is 23.8. The molecule has 0 aliphatic heterocycles. The van der Waals surface area contributed by atoms with Crippen LogP contribution >= 0.6 is 11.6 Å². The Balaban J connectivity index is 2.27. The van der Waals surface area contributed by atoms with E-state index in [2.05, 4.69) is 11.4 Å². The molecule has 6 heteroatoms. The van der Waals surface area contributed by atoms with Crippen molar-refractivity contribution in [3.8, 4) is 5.75 Å². The van der Waals surface area contributed by atoms with E-state index in [1.54, 1.807) is 11.0 Å². The number of aryl methyl sites for hydroxylation is 2. The molecule has 2 aromatic rings. The second-order valence-corrected chi connectivity index (χ2v) is 9.08. The molecule has 5 nitrogen and oxygen atoms in total. The molecule has 0 aliphatic carbocycles. The average molecular weight is 459 g/mol. The number of hydrogen-bond donors (Lipinski definition) is 1. The molecule has 1 atom stereocenters. The summed E-state index contributed by atoms with van der Waals surface area (Å²) < 4.78 is 5.93. The number of ether oxygens (including phenoxy) is 1. The molecule has 32 heavy (non-hydrogen) atoms. The van der Waals surface area contributed by atoms with Crippen LogP contribution in [0.5, 0.6) is 5.75 Å².